The Morgan fingerprint density at radius 2 is 1.35 bits per heavy atom. The van der Waals surface area contributed by atoms with Gasteiger partial charge in [0.25, 0.3) is 11.8 Å². The largest absolute Gasteiger partial charge is 0.372 e. The summed E-state index contributed by atoms with van der Waals surface area (Å²) in [5, 5.41) is 3.20. The molecule has 0 aromatic heterocycles. The van der Waals surface area contributed by atoms with Gasteiger partial charge in [-0.1, -0.05) is 29.8 Å². The minimum Gasteiger partial charge on any atom is -0.372 e. The van der Waals surface area contributed by atoms with Crippen molar-refractivity contribution in [2.24, 2.45) is 0 Å². The summed E-state index contributed by atoms with van der Waals surface area (Å²) in [6, 6.07) is 20.8. The van der Waals surface area contributed by atoms with Crippen molar-refractivity contribution in [3.05, 3.63) is 95.4 Å². The first-order valence-corrected chi connectivity index (χ1v) is 11.6. The van der Waals surface area contributed by atoms with Gasteiger partial charge >= 0.3 is 0 Å². The molecule has 0 bridgehead atoms. The Bertz CT molecular complexity index is 1240. The van der Waals surface area contributed by atoms with E-state index >= 15 is 0 Å². The van der Waals surface area contributed by atoms with Crippen LogP contribution in [0.2, 0.25) is 0 Å². The highest BCUT2D eigenvalue weighted by molar-refractivity contribution is 6.46. The average Bonchev–Trinajstić information content (AvgIpc) is 3.10. The lowest BCUT2D eigenvalue weighted by Crippen LogP contribution is -2.32. The zero-order chi connectivity index (χ0) is 23.7. The Kier molecular flexibility index (Phi) is 5.88. The minimum atomic E-state index is -0.465. The van der Waals surface area contributed by atoms with E-state index in [1.165, 1.54) is 43.5 Å². The maximum Gasteiger partial charge on any atom is 0.282 e. The zero-order valence-corrected chi connectivity index (χ0v) is 19.1. The zero-order valence-electron chi connectivity index (χ0n) is 19.1. The van der Waals surface area contributed by atoms with E-state index < -0.39 is 17.6 Å². The number of anilines is 3. The number of hydrogen-bond acceptors (Lipinski definition) is 4. The topological polar surface area (TPSA) is 52.7 Å². The Morgan fingerprint density at radius 3 is 2.00 bits per heavy atom. The number of hydrogen-bond donors (Lipinski definition) is 1. The molecule has 0 unspecified atom stereocenters. The van der Waals surface area contributed by atoms with Gasteiger partial charge in [0.2, 0.25) is 0 Å². The van der Waals surface area contributed by atoms with Crippen molar-refractivity contribution in [2.75, 3.05) is 28.2 Å². The van der Waals surface area contributed by atoms with Gasteiger partial charge in [0.1, 0.15) is 11.5 Å². The van der Waals surface area contributed by atoms with Gasteiger partial charge < -0.3 is 10.2 Å². The van der Waals surface area contributed by atoms with Gasteiger partial charge in [-0.15, -0.1) is 0 Å². The Hall–Kier alpha value is -3.93. The third-order valence-corrected chi connectivity index (χ3v) is 6.37. The number of imide groups is 1. The molecule has 0 spiro atoms. The fourth-order valence-corrected chi connectivity index (χ4v) is 4.51. The van der Waals surface area contributed by atoms with Crippen molar-refractivity contribution < 1.29 is 14.0 Å². The highest BCUT2D eigenvalue weighted by Gasteiger charge is 2.40. The number of piperidine rings is 1. The van der Waals surface area contributed by atoms with Gasteiger partial charge in [-0.3, -0.25) is 9.59 Å². The Labute approximate surface area is 198 Å². The number of benzene rings is 3. The number of amides is 2. The van der Waals surface area contributed by atoms with Gasteiger partial charge in [-0.25, -0.2) is 9.29 Å². The Balaban J connectivity index is 1.49. The van der Waals surface area contributed by atoms with Gasteiger partial charge in [0.15, 0.2) is 0 Å². The highest BCUT2D eigenvalue weighted by atomic mass is 19.1. The van der Waals surface area contributed by atoms with Gasteiger partial charge in [-0.05, 0) is 80.3 Å². The van der Waals surface area contributed by atoms with Crippen LogP contribution in [0.1, 0.15) is 30.4 Å². The predicted molar refractivity (Wildman–Crippen MR) is 133 cm³/mol. The third kappa shape index (κ3) is 4.19. The summed E-state index contributed by atoms with van der Waals surface area (Å²) >= 11 is 0. The molecule has 0 atom stereocenters. The van der Waals surface area contributed by atoms with Crippen LogP contribution in [0.15, 0.2) is 78.5 Å². The van der Waals surface area contributed by atoms with Crippen molar-refractivity contribution in [3.8, 4) is 0 Å². The quantitative estimate of drug-likeness (QED) is 0.515. The maximum absolute atomic E-state index is 13.5. The molecule has 5 rings (SSSR count). The van der Waals surface area contributed by atoms with Crippen LogP contribution in [0.5, 0.6) is 0 Å². The Morgan fingerprint density at radius 1 is 0.735 bits per heavy atom. The van der Waals surface area contributed by atoms with Crippen molar-refractivity contribution in [2.45, 2.75) is 26.2 Å². The van der Waals surface area contributed by atoms with E-state index in [1.807, 2.05) is 55.5 Å². The number of rotatable bonds is 5. The number of halogens is 1. The minimum absolute atomic E-state index is 0.212. The van der Waals surface area contributed by atoms with Crippen LogP contribution in [-0.4, -0.2) is 24.9 Å². The second-order valence-electron chi connectivity index (χ2n) is 8.76. The van der Waals surface area contributed by atoms with E-state index in [-0.39, 0.29) is 5.70 Å². The lowest BCUT2D eigenvalue weighted by Gasteiger charge is -2.28. The molecule has 3 aromatic carbocycles. The number of nitrogens with zero attached hydrogens (tertiary/aromatic N) is 2. The van der Waals surface area contributed by atoms with E-state index in [1.54, 1.807) is 0 Å². The molecule has 1 N–H and O–H groups in total. The van der Waals surface area contributed by atoms with Crippen LogP contribution in [0, 0.1) is 12.7 Å². The van der Waals surface area contributed by atoms with Crippen LogP contribution in [0.25, 0.3) is 5.57 Å². The first kappa shape index (κ1) is 21.9. The molecule has 2 aliphatic rings. The lowest BCUT2D eigenvalue weighted by molar-refractivity contribution is -0.120. The highest BCUT2D eigenvalue weighted by Crippen LogP contribution is 2.34. The second kappa shape index (κ2) is 9.14. The van der Waals surface area contributed by atoms with Crippen LogP contribution in [0.4, 0.5) is 21.5 Å². The van der Waals surface area contributed by atoms with E-state index in [0.29, 0.717) is 16.8 Å². The smallest absolute Gasteiger partial charge is 0.282 e. The fourth-order valence-electron chi connectivity index (χ4n) is 4.51. The molecule has 2 aliphatic heterocycles. The second-order valence-corrected chi connectivity index (χ2v) is 8.76. The summed E-state index contributed by atoms with van der Waals surface area (Å²) in [6.07, 6.45) is 3.66. The molecule has 34 heavy (non-hydrogen) atoms. The van der Waals surface area contributed by atoms with E-state index in [4.69, 9.17) is 0 Å². The molecule has 0 saturated carbocycles. The summed E-state index contributed by atoms with van der Waals surface area (Å²) in [5.74, 6) is -1.33. The summed E-state index contributed by atoms with van der Waals surface area (Å²) in [7, 11) is 0. The molecule has 1 fully saturated rings. The first-order chi connectivity index (χ1) is 16.5. The van der Waals surface area contributed by atoms with Crippen molar-refractivity contribution in [3.63, 3.8) is 0 Å². The summed E-state index contributed by atoms with van der Waals surface area (Å²) in [4.78, 5) is 30.4. The molecular formula is C28H26FN3O2. The van der Waals surface area contributed by atoms with Gasteiger partial charge in [0.05, 0.1) is 11.3 Å². The summed E-state index contributed by atoms with van der Waals surface area (Å²) in [6.45, 7) is 4.07. The number of nitrogens with one attached hydrogen (secondary N) is 1. The fraction of sp³-hybridized carbons (Fsp3) is 0.214. The number of carbonyl (C=O) groups is 2. The molecule has 2 amide bonds. The monoisotopic (exact) mass is 455 g/mol. The number of aryl methyl sites for hydroxylation is 1. The van der Waals surface area contributed by atoms with Crippen molar-refractivity contribution >= 4 is 34.4 Å². The van der Waals surface area contributed by atoms with E-state index in [2.05, 4.69) is 10.2 Å². The predicted octanol–water partition coefficient (Wildman–Crippen LogP) is 5.52. The first-order valence-electron chi connectivity index (χ1n) is 11.6. The van der Waals surface area contributed by atoms with Crippen molar-refractivity contribution in [1.29, 1.82) is 0 Å². The number of carbonyl (C=O) groups excluding carboxylic acids is 2. The van der Waals surface area contributed by atoms with Crippen LogP contribution >= 0.6 is 0 Å². The summed E-state index contributed by atoms with van der Waals surface area (Å²) in [5.41, 5.74) is 4.43. The molecule has 0 aliphatic carbocycles. The SMILES string of the molecule is Cc1ccc(C2=C(Nc3ccc(N4CCCCC4)cc3)C(=O)N(c3ccc(F)cc3)C2=O)cc1. The average molecular weight is 456 g/mol. The molecule has 6 heteroatoms. The van der Waals surface area contributed by atoms with E-state index in [0.717, 1.165) is 34.9 Å². The lowest BCUT2D eigenvalue weighted by atomic mass is 10.0. The maximum atomic E-state index is 13.5. The van der Waals surface area contributed by atoms with Gasteiger partial charge in [0, 0.05) is 24.5 Å². The van der Waals surface area contributed by atoms with Crippen LogP contribution in [0.3, 0.4) is 0 Å². The normalized spacial score (nSPS) is 16.4. The molecule has 2 heterocycles. The molecule has 172 valence electrons. The standard InChI is InChI=1S/C28H26FN3O2/c1-19-5-7-20(8-6-19)25-26(28(34)32(27(25)33)24-13-9-21(29)10-14-24)30-22-11-15-23(16-12-22)31-17-3-2-4-18-31/h5-16,30H,2-4,17-18H2,1H3. The van der Waals surface area contributed by atoms with Crippen LogP contribution in [-0.2, 0) is 9.59 Å². The molecular weight excluding hydrogens is 429 g/mol. The van der Waals surface area contributed by atoms with Crippen molar-refractivity contribution in [1.82, 2.24) is 0 Å². The molecule has 3 aromatic rings. The summed E-state index contributed by atoms with van der Waals surface area (Å²) < 4.78 is 13.5. The molecule has 1 saturated heterocycles. The van der Waals surface area contributed by atoms with Crippen LogP contribution < -0.4 is 15.1 Å². The van der Waals surface area contributed by atoms with Gasteiger partial charge in [-0.2, -0.15) is 0 Å². The van der Waals surface area contributed by atoms with E-state index in [9.17, 15) is 14.0 Å². The molecule has 5 nitrogen and oxygen atoms in total. The molecule has 0 radical (unpaired) electrons. The third-order valence-electron chi connectivity index (χ3n) is 6.37.